The highest BCUT2D eigenvalue weighted by molar-refractivity contribution is 6.31. The van der Waals surface area contributed by atoms with Gasteiger partial charge in [-0.1, -0.05) is 17.7 Å². The average Bonchev–Trinajstić information content (AvgIpc) is 2.34. The van der Waals surface area contributed by atoms with E-state index in [2.05, 4.69) is 0 Å². The smallest absolute Gasteiger partial charge is 0.253 e. The van der Waals surface area contributed by atoms with Gasteiger partial charge in [0, 0.05) is 10.7 Å². The number of carbonyl (C=O) groups is 1. The lowest BCUT2D eigenvalue weighted by molar-refractivity contribution is -0.127. The van der Waals surface area contributed by atoms with Crippen LogP contribution in [0.1, 0.15) is 12.0 Å². The van der Waals surface area contributed by atoms with Crippen LogP contribution >= 0.6 is 11.6 Å². The van der Waals surface area contributed by atoms with E-state index in [4.69, 9.17) is 22.1 Å². The van der Waals surface area contributed by atoms with Crippen LogP contribution < -0.4 is 10.6 Å². The molecular formula is C13H17ClN2O2. The molecule has 1 atom stereocenters. The van der Waals surface area contributed by atoms with Crippen LogP contribution in [0.5, 0.6) is 0 Å². The molecule has 0 aliphatic carbocycles. The van der Waals surface area contributed by atoms with Gasteiger partial charge in [-0.25, -0.2) is 0 Å². The third kappa shape index (κ3) is 2.66. The number of aryl methyl sites for hydroxylation is 1. The number of morpholine rings is 1. The molecule has 4 nitrogen and oxygen atoms in total. The predicted molar refractivity (Wildman–Crippen MR) is 72.0 cm³/mol. The monoisotopic (exact) mass is 268 g/mol. The summed E-state index contributed by atoms with van der Waals surface area (Å²) in [5.41, 5.74) is 7.47. The SMILES string of the molecule is Cc1ccc(Cl)cc1N1C(=O)COCC1CCN. The Morgan fingerprint density at radius 3 is 3.06 bits per heavy atom. The normalized spacial score (nSPS) is 20.3. The molecule has 1 aromatic rings. The molecule has 0 bridgehead atoms. The van der Waals surface area contributed by atoms with Gasteiger partial charge in [-0.3, -0.25) is 4.79 Å². The van der Waals surface area contributed by atoms with Crippen molar-refractivity contribution < 1.29 is 9.53 Å². The van der Waals surface area contributed by atoms with E-state index in [0.29, 0.717) is 18.2 Å². The largest absolute Gasteiger partial charge is 0.369 e. The summed E-state index contributed by atoms with van der Waals surface area (Å²) in [5, 5.41) is 0.626. The number of halogens is 1. The molecule has 0 aromatic heterocycles. The third-order valence-electron chi connectivity index (χ3n) is 3.10. The summed E-state index contributed by atoms with van der Waals surface area (Å²) in [6.45, 7) is 3.13. The summed E-state index contributed by atoms with van der Waals surface area (Å²) in [6, 6.07) is 5.56. The fraction of sp³-hybridized carbons (Fsp3) is 0.462. The first kappa shape index (κ1) is 13.3. The molecule has 0 radical (unpaired) electrons. The van der Waals surface area contributed by atoms with Crippen molar-refractivity contribution in [2.75, 3.05) is 24.7 Å². The summed E-state index contributed by atoms with van der Waals surface area (Å²) < 4.78 is 5.29. The van der Waals surface area contributed by atoms with E-state index in [1.54, 1.807) is 4.90 Å². The van der Waals surface area contributed by atoms with Gasteiger partial charge in [0.15, 0.2) is 0 Å². The standard InChI is InChI=1S/C13H17ClN2O2/c1-9-2-3-10(14)6-12(9)16-11(4-5-15)7-18-8-13(16)17/h2-3,6,11H,4-5,7-8,15H2,1H3. The molecule has 1 aliphatic heterocycles. The molecule has 0 saturated carbocycles. The van der Waals surface area contributed by atoms with E-state index >= 15 is 0 Å². The number of anilines is 1. The molecule has 1 aliphatic rings. The van der Waals surface area contributed by atoms with Gasteiger partial charge in [0.25, 0.3) is 5.91 Å². The van der Waals surface area contributed by atoms with E-state index in [9.17, 15) is 4.79 Å². The first-order valence-electron chi connectivity index (χ1n) is 5.99. The molecule has 0 spiro atoms. The van der Waals surface area contributed by atoms with Crippen LogP contribution in [-0.2, 0) is 9.53 Å². The Labute approximate surface area is 112 Å². The van der Waals surface area contributed by atoms with Gasteiger partial charge in [0.05, 0.1) is 12.6 Å². The third-order valence-corrected chi connectivity index (χ3v) is 3.34. The van der Waals surface area contributed by atoms with Gasteiger partial charge in [-0.2, -0.15) is 0 Å². The molecular weight excluding hydrogens is 252 g/mol. The van der Waals surface area contributed by atoms with Gasteiger partial charge < -0.3 is 15.4 Å². The number of nitrogens with zero attached hydrogens (tertiary/aromatic N) is 1. The second-order valence-corrected chi connectivity index (χ2v) is 4.88. The Bertz CT molecular complexity index is 449. The zero-order valence-corrected chi connectivity index (χ0v) is 11.1. The predicted octanol–water partition coefficient (Wildman–Crippen LogP) is 1.73. The average molecular weight is 269 g/mol. The number of benzene rings is 1. The molecule has 1 fully saturated rings. The van der Waals surface area contributed by atoms with Crippen molar-refractivity contribution in [2.24, 2.45) is 5.73 Å². The summed E-state index contributed by atoms with van der Waals surface area (Å²) in [5.74, 6) is -0.0370. The van der Waals surface area contributed by atoms with Crippen LogP contribution in [-0.4, -0.2) is 31.7 Å². The Balaban J connectivity index is 2.36. The van der Waals surface area contributed by atoms with Gasteiger partial charge in [0.1, 0.15) is 6.61 Å². The summed E-state index contributed by atoms with van der Waals surface area (Å²) in [7, 11) is 0. The lowest BCUT2D eigenvalue weighted by atomic mass is 10.1. The maximum atomic E-state index is 12.1. The van der Waals surface area contributed by atoms with Crippen molar-refractivity contribution in [2.45, 2.75) is 19.4 Å². The number of hydrogen-bond donors (Lipinski definition) is 1. The van der Waals surface area contributed by atoms with Crippen LogP contribution in [0.25, 0.3) is 0 Å². The number of hydrogen-bond acceptors (Lipinski definition) is 3. The zero-order valence-electron chi connectivity index (χ0n) is 10.4. The van der Waals surface area contributed by atoms with Crippen molar-refractivity contribution in [3.63, 3.8) is 0 Å². The quantitative estimate of drug-likeness (QED) is 0.908. The van der Waals surface area contributed by atoms with Gasteiger partial charge >= 0.3 is 0 Å². The van der Waals surface area contributed by atoms with Crippen LogP contribution in [0.4, 0.5) is 5.69 Å². The Kier molecular flexibility index (Phi) is 4.22. The van der Waals surface area contributed by atoms with E-state index in [-0.39, 0.29) is 18.6 Å². The van der Waals surface area contributed by atoms with Crippen molar-refractivity contribution in [1.82, 2.24) is 0 Å². The molecule has 18 heavy (non-hydrogen) atoms. The number of ether oxygens (including phenoxy) is 1. The zero-order chi connectivity index (χ0) is 13.1. The lowest BCUT2D eigenvalue weighted by Gasteiger charge is -2.36. The van der Waals surface area contributed by atoms with E-state index in [1.165, 1.54) is 0 Å². The molecule has 1 heterocycles. The molecule has 5 heteroatoms. The minimum Gasteiger partial charge on any atom is -0.369 e. The van der Waals surface area contributed by atoms with Crippen LogP contribution in [0.15, 0.2) is 18.2 Å². The molecule has 98 valence electrons. The second kappa shape index (κ2) is 5.69. The van der Waals surface area contributed by atoms with Crippen LogP contribution in [0.3, 0.4) is 0 Å². The Hall–Kier alpha value is -1.10. The highest BCUT2D eigenvalue weighted by Crippen LogP contribution is 2.28. The summed E-state index contributed by atoms with van der Waals surface area (Å²) in [6.07, 6.45) is 0.720. The minimum absolute atomic E-state index is 0.00610. The minimum atomic E-state index is -0.0370. The maximum Gasteiger partial charge on any atom is 0.253 e. The maximum absolute atomic E-state index is 12.1. The first-order valence-corrected chi connectivity index (χ1v) is 6.37. The fourth-order valence-electron chi connectivity index (χ4n) is 2.21. The van der Waals surface area contributed by atoms with Crippen molar-refractivity contribution in [3.8, 4) is 0 Å². The van der Waals surface area contributed by atoms with Crippen LogP contribution in [0, 0.1) is 6.92 Å². The summed E-state index contributed by atoms with van der Waals surface area (Å²) >= 11 is 6.01. The first-order chi connectivity index (χ1) is 8.63. The van der Waals surface area contributed by atoms with E-state index in [1.807, 2.05) is 25.1 Å². The Morgan fingerprint density at radius 2 is 2.33 bits per heavy atom. The number of rotatable bonds is 3. The van der Waals surface area contributed by atoms with Crippen LogP contribution in [0.2, 0.25) is 5.02 Å². The van der Waals surface area contributed by atoms with Crippen molar-refractivity contribution >= 4 is 23.2 Å². The number of amides is 1. The number of nitrogens with two attached hydrogens (primary N) is 1. The molecule has 1 amide bonds. The fourth-order valence-corrected chi connectivity index (χ4v) is 2.37. The van der Waals surface area contributed by atoms with E-state index < -0.39 is 0 Å². The van der Waals surface area contributed by atoms with Gasteiger partial charge in [-0.05, 0) is 37.6 Å². The topological polar surface area (TPSA) is 55.6 Å². The van der Waals surface area contributed by atoms with Crippen molar-refractivity contribution in [1.29, 1.82) is 0 Å². The highest BCUT2D eigenvalue weighted by atomic mass is 35.5. The molecule has 2 rings (SSSR count). The lowest BCUT2D eigenvalue weighted by Crippen LogP contribution is -2.50. The van der Waals surface area contributed by atoms with Crippen molar-refractivity contribution in [3.05, 3.63) is 28.8 Å². The Morgan fingerprint density at radius 1 is 1.56 bits per heavy atom. The van der Waals surface area contributed by atoms with Gasteiger partial charge in [0.2, 0.25) is 0 Å². The van der Waals surface area contributed by atoms with E-state index in [0.717, 1.165) is 17.7 Å². The molecule has 1 saturated heterocycles. The summed E-state index contributed by atoms with van der Waals surface area (Å²) in [4.78, 5) is 13.8. The highest BCUT2D eigenvalue weighted by Gasteiger charge is 2.30. The molecule has 1 unspecified atom stereocenters. The molecule has 2 N–H and O–H groups in total. The molecule has 1 aromatic carbocycles. The number of carbonyl (C=O) groups excluding carboxylic acids is 1. The second-order valence-electron chi connectivity index (χ2n) is 4.44. The van der Waals surface area contributed by atoms with Gasteiger partial charge in [-0.15, -0.1) is 0 Å².